The molecule has 2 N–H and O–H groups in total. The molecule has 0 spiro atoms. The van der Waals surface area contributed by atoms with Crippen molar-refractivity contribution >= 4 is 0 Å². The standard InChI is InChI=1S/C14H22N2O/c1-15-9-12-4-6-13(7-5-12)10-16-8-2-3-14(17)11-16/h4-7,14-15,17H,2-3,8-11H2,1H3. The van der Waals surface area contributed by atoms with E-state index in [0.29, 0.717) is 0 Å². The fraction of sp³-hybridized carbons (Fsp3) is 0.571. The Kier molecular flexibility index (Phi) is 4.54. The lowest BCUT2D eigenvalue weighted by molar-refractivity contribution is 0.0668. The van der Waals surface area contributed by atoms with Gasteiger partial charge in [-0.05, 0) is 37.6 Å². The molecule has 1 aliphatic rings. The van der Waals surface area contributed by atoms with Gasteiger partial charge in [-0.3, -0.25) is 4.90 Å². The van der Waals surface area contributed by atoms with E-state index in [4.69, 9.17) is 0 Å². The second-order valence-corrected chi connectivity index (χ2v) is 4.88. The third-order valence-corrected chi connectivity index (χ3v) is 3.29. The number of hydrogen-bond acceptors (Lipinski definition) is 3. The van der Waals surface area contributed by atoms with Crippen LogP contribution in [0.3, 0.4) is 0 Å². The minimum Gasteiger partial charge on any atom is -0.392 e. The lowest BCUT2D eigenvalue weighted by Crippen LogP contribution is -2.37. The largest absolute Gasteiger partial charge is 0.392 e. The van der Waals surface area contributed by atoms with Gasteiger partial charge in [0.1, 0.15) is 0 Å². The molecule has 1 saturated heterocycles. The number of aliphatic hydroxyl groups is 1. The van der Waals surface area contributed by atoms with Gasteiger partial charge >= 0.3 is 0 Å². The summed E-state index contributed by atoms with van der Waals surface area (Å²) in [5.74, 6) is 0. The van der Waals surface area contributed by atoms with Gasteiger partial charge in [-0.1, -0.05) is 24.3 Å². The molecule has 1 aromatic rings. The number of benzene rings is 1. The summed E-state index contributed by atoms with van der Waals surface area (Å²) in [5, 5.41) is 12.8. The van der Waals surface area contributed by atoms with Crippen LogP contribution in [0.15, 0.2) is 24.3 Å². The molecular weight excluding hydrogens is 212 g/mol. The van der Waals surface area contributed by atoms with Crippen LogP contribution in [0.2, 0.25) is 0 Å². The van der Waals surface area contributed by atoms with Crippen LogP contribution < -0.4 is 5.32 Å². The molecule has 94 valence electrons. The maximum Gasteiger partial charge on any atom is 0.0667 e. The zero-order valence-corrected chi connectivity index (χ0v) is 10.5. The first-order valence-electron chi connectivity index (χ1n) is 6.41. The normalized spacial score (nSPS) is 21.6. The monoisotopic (exact) mass is 234 g/mol. The van der Waals surface area contributed by atoms with E-state index in [1.54, 1.807) is 0 Å². The van der Waals surface area contributed by atoms with Crippen molar-refractivity contribution in [2.24, 2.45) is 0 Å². The summed E-state index contributed by atoms with van der Waals surface area (Å²) in [6.07, 6.45) is 1.93. The molecule has 3 nitrogen and oxygen atoms in total. The molecule has 0 aliphatic carbocycles. The minimum absolute atomic E-state index is 0.132. The highest BCUT2D eigenvalue weighted by atomic mass is 16.3. The zero-order chi connectivity index (χ0) is 12.1. The van der Waals surface area contributed by atoms with Gasteiger partial charge in [-0.15, -0.1) is 0 Å². The molecular formula is C14H22N2O. The smallest absolute Gasteiger partial charge is 0.0667 e. The summed E-state index contributed by atoms with van der Waals surface area (Å²) in [4.78, 5) is 2.33. The lowest BCUT2D eigenvalue weighted by Gasteiger charge is -2.29. The van der Waals surface area contributed by atoms with Crippen LogP contribution in [0.5, 0.6) is 0 Å². The molecule has 1 aliphatic heterocycles. The van der Waals surface area contributed by atoms with E-state index in [1.165, 1.54) is 11.1 Å². The third-order valence-electron chi connectivity index (χ3n) is 3.29. The van der Waals surface area contributed by atoms with Gasteiger partial charge in [0.05, 0.1) is 6.10 Å². The molecule has 0 amide bonds. The zero-order valence-electron chi connectivity index (χ0n) is 10.5. The highest BCUT2D eigenvalue weighted by molar-refractivity contribution is 5.22. The van der Waals surface area contributed by atoms with Crippen molar-refractivity contribution < 1.29 is 5.11 Å². The number of aliphatic hydroxyl groups excluding tert-OH is 1. The van der Waals surface area contributed by atoms with Crippen LogP contribution in [-0.2, 0) is 13.1 Å². The fourth-order valence-corrected chi connectivity index (χ4v) is 2.40. The summed E-state index contributed by atoms with van der Waals surface area (Å²) in [6.45, 7) is 3.80. The van der Waals surface area contributed by atoms with Crippen LogP contribution in [0.25, 0.3) is 0 Å². The summed E-state index contributed by atoms with van der Waals surface area (Å²) in [5.41, 5.74) is 2.65. The van der Waals surface area contributed by atoms with Gasteiger partial charge in [-0.2, -0.15) is 0 Å². The Bertz CT molecular complexity index is 337. The van der Waals surface area contributed by atoms with Crippen LogP contribution in [-0.4, -0.2) is 36.2 Å². The van der Waals surface area contributed by atoms with E-state index < -0.39 is 0 Å². The first-order valence-corrected chi connectivity index (χ1v) is 6.41. The number of nitrogens with one attached hydrogen (secondary N) is 1. The first kappa shape index (κ1) is 12.6. The SMILES string of the molecule is CNCc1ccc(CN2CCCC(O)C2)cc1. The van der Waals surface area contributed by atoms with Gasteiger partial charge in [0.15, 0.2) is 0 Å². The summed E-state index contributed by atoms with van der Waals surface area (Å²) in [7, 11) is 1.96. The second-order valence-electron chi connectivity index (χ2n) is 4.88. The van der Waals surface area contributed by atoms with Gasteiger partial charge in [0, 0.05) is 19.6 Å². The Balaban J connectivity index is 1.89. The average Bonchev–Trinajstić information content (AvgIpc) is 2.32. The summed E-state index contributed by atoms with van der Waals surface area (Å²) in [6, 6.07) is 8.72. The van der Waals surface area contributed by atoms with Gasteiger partial charge in [-0.25, -0.2) is 0 Å². The Labute approximate surface area is 103 Å². The van der Waals surface area contributed by atoms with E-state index in [9.17, 15) is 5.11 Å². The second kappa shape index (κ2) is 6.15. The highest BCUT2D eigenvalue weighted by Gasteiger charge is 2.17. The van der Waals surface area contributed by atoms with Gasteiger partial charge < -0.3 is 10.4 Å². The van der Waals surface area contributed by atoms with Crippen molar-refractivity contribution in [1.82, 2.24) is 10.2 Å². The molecule has 0 bridgehead atoms. The molecule has 1 atom stereocenters. The van der Waals surface area contributed by atoms with Crippen molar-refractivity contribution in [3.8, 4) is 0 Å². The number of rotatable bonds is 4. The quantitative estimate of drug-likeness (QED) is 0.826. The van der Waals surface area contributed by atoms with E-state index >= 15 is 0 Å². The average molecular weight is 234 g/mol. The molecule has 1 fully saturated rings. The predicted octanol–water partition coefficient (Wildman–Crippen LogP) is 1.36. The molecule has 17 heavy (non-hydrogen) atoms. The van der Waals surface area contributed by atoms with E-state index in [1.807, 2.05) is 7.05 Å². The van der Waals surface area contributed by atoms with Crippen molar-refractivity contribution in [2.75, 3.05) is 20.1 Å². The third kappa shape index (κ3) is 3.80. The summed E-state index contributed by atoms with van der Waals surface area (Å²) >= 11 is 0. The predicted molar refractivity (Wildman–Crippen MR) is 69.7 cm³/mol. The van der Waals surface area contributed by atoms with E-state index in [0.717, 1.165) is 39.0 Å². The van der Waals surface area contributed by atoms with Crippen molar-refractivity contribution in [2.45, 2.75) is 32.0 Å². The lowest BCUT2D eigenvalue weighted by atomic mass is 10.1. The van der Waals surface area contributed by atoms with Crippen molar-refractivity contribution in [3.63, 3.8) is 0 Å². The highest BCUT2D eigenvalue weighted by Crippen LogP contribution is 2.14. The minimum atomic E-state index is -0.132. The van der Waals surface area contributed by atoms with Crippen LogP contribution in [0.1, 0.15) is 24.0 Å². The maximum atomic E-state index is 9.62. The maximum absolute atomic E-state index is 9.62. The Morgan fingerprint density at radius 2 is 2.00 bits per heavy atom. The molecule has 0 radical (unpaired) electrons. The molecule has 1 heterocycles. The number of hydrogen-bond donors (Lipinski definition) is 2. The number of piperidine rings is 1. The number of β-amino-alcohol motifs (C(OH)–C–C–N with tert-alkyl or cyclic N) is 1. The number of likely N-dealkylation sites (tertiary alicyclic amines) is 1. The van der Waals surface area contributed by atoms with E-state index in [2.05, 4.69) is 34.5 Å². The Hall–Kier alpha value is -0.900. The Morgan fingerprint density at radius 1 is 1.29 bits per heavy atom. The van der Waals surface area contributed by atoms with Gasteiger partial charge in [0.2, 0.25) is 0 Å². The molecule has 1 unspecified atom stereocenters. The molecule has 3 heteroatoms. The Morgan fingerprint density at radius 3 is 2.65 bits per heavy atom. The molecule has 1 aromatic carbocycles. The molecule has 2 rings (SSSR count). The molecule has 0 aromatic heterocycles. The topological polar surface area (TPSA) is 35.5 Å². The summed E-state index contributed by atoms with van der Waals surface area (Å²) < 4.78 is 0. The van der Waals surface area contributed by atoms with E-state index in [-0.39, 0.29) is 6.10 Å². The number of nitrogens with zero attached hydrogens (tertiary/aromatic N) is 1. The first-order chi connectivity index (χ1) is 8.28. The van der Waals surface area contributed by atoms with Crippen LogP contribution >= 0.6 is 0 Å². The van der Waals surface area contributed by atoms with Crippen molar-refractivity contribution in [3.05, 3.63) is 35.4 Å². The van der Waals surface area contributed by atoms with Crippen LogP contribution in [0.4, 0.5) is 0 Å². The van der Waals surface area contributed by atoms with Gasteiger partial charge in [0.25, 0.3) is 0 Å². The van der Waals surface area contributed by atoms with Crippen molar-refractivity contribution in [1.29, 1.82) is 0 Å². The van der Waals surface area contributed by atoms with Crippen LogP contribution in [0, 0.1) is 0 Å². The molecule has 0 saturated carbocycles. The fourth-order valence-electron chi connectivity index (χ4n) is 2.40.